The zero-order valence-corrected chi connectivity index (χ0v) is 16.9. The van der Waals surface area contributed by atoms with Gasteiger partial charge < -0.3 is 4.90 Å². The maximum absolute atomic E-state index is 13.1. The van der Waals surface area contributed by atoms with E-state index >= 15 is 0 Å². The molecule has 0 aliphatic carbocycles. The summed E-state index contributed by atoms with van der Waals surface area (Å²) < 4.78 is 39.9. The van der Waals surface area contributed by atoms with Gasteiger partial charge in [0.25, 0.3) is 5.56 Å². The number of benzene rings is 2. The lowest BCUT2D eigenvalue weighted by Crippen LogP contribution is -2.44. The molecule has 1 fully saturated rings. The Labute approximate surface area is 172 Å². The molecule has 0 N–H and O–H groups in total. The van der Waals surface area contributed by atoms with Gasteiger partial charge in [0.05, 0.1) is 27.4 Å². The van der Waals surface area contributed by atoms with E-state index in [-0.39, 0.29) is 48.8 Å². The van der Waals surface area contributed by atoms with Gasteiger partial charge in [0, 0.05) is 13.1 Å². The van der Waals surface area contributed by atoms with Crippen molar-refractivity contribution in [3.8, 4) is 0 Å². The maximum atomic E-state index is 13.1. The third kappa shape index (κ3) is 3.85. The number of hydrogen-bond donors (Lipinski definition) is 0. The number of likely N-dealkylation sites (tertiary alicyclic amines) is 1. The Morgan fingerprint density at radius 1 is 1.07 bits per heavy atom. The quantitative estimate of drug-likeness (QED) is 0.592. The van der Waals surface area contributed by atoms with Crippen LogP contribution in [-0.4, -0.2) is 47.1 Å². The fraction of sp³-hybridized carbons (Fsp3) is 0.286. The Morgan fingerprint density at radius 2 is 1.73 bits per heavy atom. The molecule has 7 nitrogen and oxygen atoms in total. The number of para-hydroxylation sites is 1. The van der Waals surface area contributed by atoms with Crippen molar-refractivity contribution in [2.24, 2.45) is 0 Å². The number of halogens is 1. The van der Waals surface area contributed by atoms with Gasteiger partial charge in [-0.25, -0.2) is 17.8 Å². The van der Waals surface area contributed by atoms with Gasteiger partial charge in [-0.1, -0.05) is 12.1 Å². The number of nitrogens with zero attached hydrogens (tertiary/aromatic N) is 3. The molecule has 9 heteroatoms. The van der Waals surface area contributed by atoms with E-state index < -0.39 is 20.9 Å². The molecule has 2 aromatic carbocycles. The van der Waals surface area contributed by atoms with E-state index in [2.05, 4.69) is 4.98 Å². The summed E-state index contributed by atoms with van der Waals surface area (Å²) in [4.78, 5) is 31.1. The molecule has 0 radical (unpaired) electrons. The van der Waals surface area contributed by atoms with E-state index in [1.165, 1.54) is 23.0 Å². The van der Waals surface area contributed by atoms with Gasteiger partial charge in [-0.05, 0) is 49.2 Å². The van der Waals surface area contributed by atoms with Crippen LogP contribution in [0.25, 0.3) is 10.9 Å². The molecule has 1 saturated heterocycles. The number of carbonyl (C=O) groups excluding carboxylic acids is 1. The number of sulfone groups is 1. The molecule has 1 aliphatic rings. The van der Waals surface area contributed by atoms with Crippen LogP contribution >= 0.6 is 0 Å². The van der Waals surface area contributed by atoms with Crippen LogP contribution in [0.15, 0.2) is 64.5 Å². The Morgan fingerprint density at radius 3 is 2.43 bits per heavy atom. The highest BCUT2D eigenvalue weighted by Gasteiger charge is 2.32. The van der Waals surface area contributed by atoms with Crippen LogP contribution in [0.3, 0.4) is 0 Å². The van der Waals surface area contributed by atoms with Gasteiger partial charge in [0.1, 0.15) is 12.4 Å². The van der Waals surface area contributed by atoms with Crippen molar-refractivity contribution in [3.05, 3.63) is 71.0 Å². The van der Waals surface area contributed by atoms with Crippen molar-refractivity contribution >= 4 is 26.6 Å². The number of carbonyl (C=O) groups is 1. The predicted molar refractivity (Wildman–Crippen MR) is 109 cm³/mol. The number of rotatable bonds is 4. The monoisotopic (exact) mass is 429 g/mol. The molecular weight excluding hydrogens is 409 g/mol. The first-order valence-corrected chi connectivity index (χ1v) is 11.1. The molecule has 156 valence electrons. The van der Waals surface area contributed by atoms with Crippen molar-refractivity contribution in [2.45, 2.75) is 29.5 Å². The molecule has 2 heterocycles. The van der Waals surface area contributed by atoms with E-state index in [0.717, 1.165) is 12.1 Å². The van der Waals surface area contributed by atoms with Crippen molar-refractivity contribution in [1.82, 2.24) is 14.5 Å². The lowest BCUT2D eigenvalue weighted by molar-refractivity contribution is -0.132. The van der Waals surface area contributed by atoms with E-state index in [0.29, 0.717) is 10.9 Å². The van der Waals surface area contributed by atoms with Gasteiger partial charge in [0.15, 0.2) is 9.84 Å². The fourth-order valence-electron chi connectivity index (χ4n) is 3.70. The van der Waals surface area contributed by atoms with Crippen LogP contribution in [-0.2, 0) is 21.2 Å². The molecule has 3 aromatic rings. The second kappa shape index (κ2) is 7.98. The van der Waals surface area contributed by atoms with Gasteiger partial charge in [-0.3, -0.25) is 14.2 Å². The molecule has 0 spiro atoms. The van der Waals surface area contributed by atoms with Crippen LogP contribution in [0.4, 0.5) is 4.39 Å². The van der Waals surface area contributed by atoms with Crippen molar-refractivity contribution in [1.29, 1.82) is 0 Å². The first-order valence-electron chi connectivity index (χ1n) is 9.58. The summed E-state index contributed by atoms with van der Waals surface area (Å²) in [5.41, 5.74) is 0.278. The van der Waals surface area contributed by atoms with Crippen molar-refractivity contribution < 1.29 is 17.6 Å². The first-order chi connectivity index (χ1) is 14.4. The van der Waals surface area contributed by atoms with Crippen molar-refractivity contribution in [3.63, 3.8) is 0 Å². The Hall–Kier alpha value is -3.07. The highest BCUT2D eigenvalue weighted by molar-refractivity contribution is 7.92. The summed E-state index contributed by atoms with van der Waals surface area (Å²) in [5.74, 6) is -0.750. The van der Waals surface area contributed by atoms with Crippen LogP contribution in [0.1, 0.15) is 12.8 Å². The third-order valence-electron chi connectivity index (χ3n) is 5.41. The third-order valence-corrected chi connectivity index (χ3v) is 7.69. The van der Waals surface area contributed by atoms with Crippen LogP contribution in [0.2, 0.25) is 0 Å². The molecular formula is C21H20FN3O4S. The molecule has 4 rings (SSSR count). The fourth-order valence-corrected chi connectivity index (χ4v) is 5.43. The van der Waals surface area contributed by atoms with Gasteiger partial charge >= 0.3 is 0 Å². The number of aromatic nitrogens is 2. The molecule has 0 saturated carbocycles. The second-order valence-electron chi connectivity index (χ2n) is 7.27. The number of piperidine rings is 1. The Balaban J connectivity index is 1.43. The zero-order chi connectivity index (χ0) is 21.3. The Kier molecular flexibility index (Phi) is 5.38. The minimum Gasteiger partial charge on any atom is -0.341 e. The minimum absolute atomic E-state index is 0.0856. The van der Waals surface area contributed by atoms with Gasteiger partial charge in [0.2, 0.25) is 5.91 Å². The number of fused-ring (bicyclic) bond motifs is 1. The molecule has 1 aliphatic heterocycles. The van der Waals surface area contributed by atoms with Gasteiger partial charge in [-0.2, -0.15) is 0 Å². The van der Waals surface area contributed by atoms with E-state index in [1.54, 1.807) is 29.2 Å². The Bertz CT molecular complexity index is 1250. The number of hydrogen-bond acceptors (Lipinski definition) is 5. The SMILES string of the molecule is O=C(Cn1cnc2ccccc2c1=O)N1CCC(S(=O)(=O)c2ccc(F)cc2)CC1. The summed E-state index contributed by atoms with van der Waals surface area (Å²) in [5, 5.41) is -0.186. The maximum Gasteiger partial charge on any atom is 0.261 e. The minimum atomic E-state index is -3.59. The van der Waals surface area contributed by atoms with Crippen LogP contribution in [0, 0.1) is 5.82 Å². The lowest BCUT2D eigenvalue weighted by Gasteiger charge is -2.32. The summed E-state index contributed by atoms with van der Waals surface area (Å²) in [6, 6.07) is 11.7. The topological polar surface area (TPSA) is 89.3 Å². The molecule has 1 amide bonds. The highest BCUT2D eigenvalue weighted by Crippen LogP contribution is 2.25. The number of amides is 1. The second-order valence-corrected chi connectivity index (χ2v) is 9.50. The molecule has 1 aromatic heterocycles. The van der Waals surface area contributed by atoms with E-state index in [4.69, 9.17) is 0 Å². The average molecular weight is 429 g/mol. The largest absolute Gasteiger partial charge is 0.341 e. The molecule has 0 bridgehead atoms. The van der Waals surface area contributed by atoms with Crippen LogP contribution < -0.4 is 5.56 Å². The molecule has 30 heavy (non-hydrogen) atoms. The standard InChI is InChI=1S/C21H20FN3O4S/c22-15-5-7-16(8-6-15)30(28,29)17-9-11-24(12-10-17)20(26)13-25-14-23-19-4-2-1-3-18(19)21(25)27/h1-8,14,17H,9-13H2. The molecule has 0 atom stereocenters. The van der Waals surface area contributed by atoms with Crippen LogP contribution in [0.5, 0.6) is 0 Å². The summed E-state index contributed by atoms with van der Waals surface area (Å²) in [6.07, 6.45) is 1.93. The van der Waals surface area contributed by atoms with Gasteiger partial charge in [-0.15, -0.1) is 0 Å². The zero-order valence-electron chi connectivity index (χ0n) is 16.1. The smallest absolute Gasteiger partial charge is 0.261 e. The highest BCUT2D eigenvalue weighted by atomic mass is 32.2. The summed E-state index contributed by atoms with van der Waals surface area (Å²) in [6.45, 7) is 0.408. The predicted octanol–water partition coefficient (Wildman–Crippen LogP) is 2.00. The van der Waals surface area contributed by atoms with E-state index in [9.17, 15) is 22.4 Å². The van der Waals surface area contributed by atoms with E-state index in [1.807, 2.05) is 0 Å². The summed E-state index contributed by atoms with van der Waals surface area (Å²) in [7, 11) is -3.59. The lowest BCUT2D eigenvalue weighted by atomic mass is 10.1. The first kappa shape index (κ1) is 20.2. The summed E-state index contributed by atoms with van der Waals surface area (Å²) >= 11 is 0. The normalized spacial score (nSPS) is 15.4. The molecule has 0 unspecified atom stereocenters. The van der Waals surface area contributed by atoms with Crippen molar-refractivity contribution in [2.75, 3.05) is 13.1 Å². The average Bonchev–Trinajstić information content (AvgIpc) is 2.76.